The molecular weight excluding hydrogens is 288 g/mol. The van der Waals surface area contributed by atoms with Crippen molar-refractivity contribution in [1.82, 2.24) is 9.55 Å². The molecule has 1 aliphatic carbocycles. The van der Waals surface area contributed by atoms with E-state index >= 15 is 0 Å². The van der Waals surface area contributed by atoms with Gasteiger partial charge >= 0.3 is 5.69 Å². The molecule has 3 rings (SSSR count). The zero-order valence-corrected chi connectivity index (χ0v) is 11.5. The van der Waals surface area contributed by atoms with Crippen molar-refractivity contribution >= 4 is 11.6 Å². The van der Waals surface area contributed by atoms with E-state index in [1.54, 1.807) is 0 Å². The predicted octanol–water partition coefficient (Wildman–Crippen LogP) is -0.683. The number of ether oxygens (including phenoxy) is 1. The van der Waals surface area contributed by atoms with Crippen LogP contribution in [0.15, 0.2) is 21.9 Å². The number of nitrogens with one attached hydrogen (secondary N) is 1. The van der Waals surface area contributed by atoms with E-state index in [1.807, 2.05) is 6.92 Å². The van der Waals surface area contributed by atoms with Gasteiger partial charge in [-0.15, -0.1) is 11.6 Å². The third-order valence-corrected chi connectivity index (χ3v) is 4.75. The minimum Gasteiger partial charge on any atom is -0.387 e. The molecule has 1 aromatic rings. The van der Waals surface area contributed by atoms with Gasteiger partial charge in [-0.05, 0) is 6.42 Å². The van der Waals surface area contributed by atoms with Gasteiger partial charge in [0, 0.05) is 12.3 Å². The van der Waals surface area contributed by atoms with Gasteiger partial charge in [0.15, 0.2) is 6.23 Å². The van der Waals surface area contributed by atoms with Gasteiger partial charge in [0.1, 0.15) is 22.7 Å². The second-order valence-electron chi connectivity index (χ2n) is 5.29. The van der Waals surface area contributed by atoms with E-state index in [1.165, 1.54) is 12.3 Å². The van der Waals surface area contributed by atoms with Crippen molar-refractivity contribution in [1.29, 1.82) is 0 Å². The number of aliphatic hydroxyl groups is 2. The van der Waals surface area contributed by atoms with Crippen molar-refractivity contribution in [2.75, 3.05) is 0 Å². The van der Waals surface area contributed by atoms with Gasteiger partial charge in [-0.25, -0.2) is 4.79 Å². The van der Waals surface area contributed by atoms with E-state index in [9.17, 15) is 19.8 Å². The standard InChI is InChI=1S/C12H15ClN2O5/c1-2-4-11-9(17)12(11,19)7(13)8(20-11)15-5-3-6(16)14-10(15)18/h3,5,7-9,17,19H,2,4H2,1H3,(H,14,16,18)/t7-,8?,9?,11+,12+/m0/s1. The zero-order valence-electron chi connectivity index (χ0n) is 10.7. The molecular formula is C12H15ClN2O5. The summed E-state index contributed by atoms with van der Waals surface area (Å²) in [5.74, 6) is 0. The van der Waals surface area contributed by atoms with Gasteiger partial charge in [0.05, 0.1) is 0 Å². The lowest BCUT2D eigenvalue weighted by Crippen LogP contribution is -2.39. The maximum absolute atomic E-state index is 11.8. The number of H-pyrrole nitrogens is 1. The Kier molecular flexibility index (Phi) is 2.88. The molecule has 0 spiro atoms. The topological polar surface area (TPSA) is 105 Å². The number of aromatic nitrogens is 2. The molecule has 7 nitrogen and oxygen atoms in total. The van der Waals surface area contributed by atoms with E-state index < -0.39 is 40.2 Å². The lowest BCUT2D eigenvalue weighted by Gasteiger charge is -2.23. The van der Waals surface area contributed by atoms with E-state index in [-0.39, 0.29) is 0 Å². The number of aromatic amines is 1. The van der Waals surface area contributed by atoms with Crippen LogP contribution >= 0.6 is 11.6 Å². The predicted molar refractivity (Wildman–Crippen MR) is 69.7 cm³/mol. The minimum atomic E-state index is -1.56. The number of hydrogen-bond donors (Lipinski definition) is 3. The third kappa shape index (κ3) is 1.46. The number of nitrogens with zero attached hydrogens (tertiary/aromatic N) is 1. The highest BCUT2D eigenvalue weighted by Crippen LogP contribution is 2.65. The quantitative estimate of drug-likeness (QED) is 0.642. The van der Waals surface area contributed by atoms with E-state index in [0.717, 1.165) is 4.57 Å². The smallest absolute Gasteiger partial charge is 0.330 e. The maximum Gasteiger partial charge on any atom is 0.330 e. The maximum atomic E-state index is 11.8. The summed E-state index contributed by atoms with van der Waals surface area (Å²) in [6.45, 7) is 1.90. The number of hydrogen-bond acceptors (Lipinski definition) is 5. The summed E-state index contributed by atoms with van der Waals surface area (Å²) in [6, 6.07) is 1.17. The number of aliphatic hydroxyl groups excluding tert-OH is 1. The SMILES string of the molecule is CCC[C@]12OC(n3ccc(=O)[nH]c3=O)[C@H](Cl)[C@@]1(O)C2O. The Hall–Kier alpha value is -1.15. The van der Waals surface area contributed by atoms with Crippen LogP contribution in [-0.2, 0) is 4.74 Å². The highest BCUT2D eigenvalue weighted by Gasteiger charge is 2.86. The summed E-state index contributed by atoms with van der Waals surface area (Å²) in [6.07, 6.45) is 0.396. The highest BCUT2D eigenvalue weighted by atomic mass is 35.5. The normalized spacial score (nSPS) is 42.5. The molecule has 0 aromatic carbocycles. The summed E-state index contributed by atoms with van der Waals surface area (Å²) in [5, 5.41) is 19.4. The van der Waals surface area contributed by atoms with Crippen LogP contribution in [0.4, 0.5) is 0 Å². The van der Waals surface area contributed by atoms with Crippen LogP contribution in [0.5, 0.6) is 0 Å². The van der Waals surface area contributed by atoms with E-state index in [4.69, 9.17) is 16.3 Å². The molecule has 2 aliphatic rings. The summed E-state index contributed by atoms with van der Waals surface area (Å²) in [5.41, 5.74) is -3.89. The molecule has 1 saturated carbocycles. The fourth-order valence-electron chi connectivity index (χ4n) is 3.12. The fourth-order valence-corrected chi connectivity index (χ4v) is 3.60. The van der Waals surface area contributed by atoms with Crippen molar-refractivity contribution < 1.29 is 14.9 Å². The summed E-state index contributed by atoms with van der Waals surface area (Å²) < 4.78 is 6.83. The Labute approximate surface area is 118 Å². The van der Waals surface area contributed by atoms with Crippen molar-refractivity contribution in [3.05, 3.63) is 33.1 Å². The molecule has 2 heterocycles. The molecule has 0 amide bonds. The molecule has 1 aromatic heterocycles. The van der Waals surface area contributed by atoms with Gasteiger partial charge in [0.2, 0.25) is 0 Å². The first kappa shape index (κ1) is 13.8. The van der Waals surface area contributed by atoms with Crippen LogP contribution < -0.4 is 11.2 Å². The molecule has 0 radical (unpaired) electrons. The van der Waals surface area contributed by atoms with Crippen LogP contribution in [0.25, 0.3) is 0 Å². The largest absolute Gasteiger partial charge is 0.387 e. The molecule has 1 saturated heterocycles. The molecule has 3 N–H and O–H groups in total. The zero-order chi connectivity index (χ0) is 14.7. The second kappa shape index (κ2) is 4.17. The van der Waals surface area contributed by atoms with Crippen LogP contribution in [-0.4, -0.2) is 42.4 Å². The van der Waals surface area contributed by atoms with Crippen LogP contribution in [0.1, 0.15) is 26.0 Å². The average molecular weight is 303 g/mol. The van der Waals surface area contributed by atoms with Crippen LogP contribution in [0.2, 0.25) is 0 Å². The number of fused-ring (bicyclic) bond motifs is 1. The summed E-state index contributed by atoms with van der Waals surface area (Å²) >= 11 is 6.19. The first-order chi connectivity index (χ1) is 9.38. The van der Waals surface area contributed by atoms with E-state index in [2.05, 4.69) is 4.98 Å². The fraction of sp³-hybridized carbons (Fsp3) is 0.667. The Bertz CT molecular complexity index is 658. The molecule has 5 atom stereocenters. The Morgan fingerprint density at radius 2 is 2.25 bits per heavy atom. The van der Waals surface area contributed by atoms with Crippen molar-refractivity contribution in [2.45, 2.75) is 48.7 Å². The summed E-state index contributed by atoms with van der Waals surface area (Å²) in [4.78, 5) is 24.9. The Morgan fingerprint density at radius 3 is 2.85 bits per heavy atom. The average Bonchev–Trinajstić information content (AvgIpc) is 2.73. The number of rotatable bonds is 3. The lowest BCUT2D eigenvalue weighted by molar-refractivity contribution is -0.0704. The molecule has 1 aliphatic heterocycles. The lowest BCUT2D eigenvalue weighted by atomic mass is 10.1. The Morgan fingerprint density at radius 1 is 1.55 bits per heavy atom. The van der Waals surface area contributed by atoms with Gasteiger partial charge in [-0.3, -0.25) is 14.3 Å². The molecule has 8 heteroatoms. The van der Waals surface area contributed by atoms with Gasteiger partial charge in [0.25, 0.3) is 5.56 Å². The third-order valence-electron chi connectivity index (χ3n) is 4.20. The monoisotopic (exact) mass is 302 g/mol. The summed E-state index contributed by atoms with van der Waals surface area (Å²) in [7, 11) is 0. The van der Waals surface area contributed by atoms with Crippen molar-refractivity contribution in [3.63, 3.8) is 0 Å². The first-order valence-corrected chi connectivity index (χ1v) is 6.86. The Balaban J connectivity index is 1.99. The molecule has 110 valence electrons. The second-order valence-corrected chi connectivity index (χ2v) is 5.77. The first-order valence-electron chi connectivity index (χ1n) is 6.42. The molecule has 2 unspecified atom stereocenters. The van der Waals surface area contributed by atoms with Gasteiger partial charge < -0.3 is 14.9 Å². The van der Waals surface area contributed by atoms with Gasteiger partial charge in [-0.2, -0.15) is 0 Å². The number of alkyl halides is 1. The van der Waals surface area contributed by atoms with Crippen molar-refractivity contribution in [2.24, 2.45) is 0 Å². The van der Waals surface area contributed by atoms with Crippen molar-refractivity contribution in [3.8, 4) is 0 Å². The number of halogens is 1. The van der Waals surface area contributed by atoms with Gasteiger partial charge in [-0.1, -0.05) is 13.3 Å². The molecule has 20 heavy (non-hydrogen) atoms. The van der Waals surface area contributed by atoms with E-state index in [0.29, 0.717) is 12.8 Å². The van der Waals surface area contributed by atoms with Crippen LogP contribution in [0, 0.1) is 0 Å². The molecule has 0 bridgehead atoms. The minimum absolute atomic E-state index is 0.433. The van der Waals surface area contributed by atoms with Crippen LogP contribution in [0.3, 0.4) is 0 Å². The molecule has 2 fully saturated rings. The highest BCUT2D eigenvalue weighted by molar-refractivity contribution is 6.22.